The van der Waals surface area contributed by atoms with E-state index < -0.39 is 18.2 Å². The molecule has 1 aromatic carbocycles. The third kappa shape index (κ3) is 3.24. The van der Waals surface area contributed by atoms with Gasteiger partial charge in [-0.15, -0.1) is 0 Å². The summed E-state index contributed by atoms with van der Waals surface area (Å²) in [5, 5.41) is 5.37. The lowest BCUT2D eigenvalue weighted by Gasteiger charge is -2.16. The average molecular weight is 262 g/mol. The van der Waals surface area contributed by atoms with E-state index in [1.165, 1.54) is 0 Å². The molecule has 19 heavy (non-hydrogen) atoms. The van der Waals surface area contributed by atoms with E-state index in [1.807, 2.05) is 30.3 Å². The molecule has 1 aliphatic heterocycles. The maximum atomic E-state index is 12.0. The minimum Gasteiger partial charge on any atom is -0.439 e. The second kappa shape index (κ2) is 6.22. The van der Waals surface area contributed by atoms with Crippen LogP contribution in [0, 0.1) is 0 Å². The normalized spacial score (nSPS) is 21.6. The van der Waals surface area contributed by atoms with Crippen molar-refractivity contribution in [1.29, 1.82) is 0 Å². The van der Waals surface area contributed by atoms with Crippen LogP contribution in [-0.4, -0.2) is 24.6 Å². The highest BCUT2D eigenvalue weighted by atomic mass is 16.6. The van der Waals surface area contributed by atoms with Gasteiger partial charge in [-0.3, -0.25) is 4.79 Å². The van der Waals surface area contributed by atoms with E-state index in [-0.39, 0.29) is 5.91 Å². The molecule has 2 unspecified atom stereocenters. The van der Waals surface area contributed by atoms with Gasteiger partial charge in [0.15, 0.2) is 12.1 Å². The van der Waals surface area contributed by atoms with Crippen LogP contribution < -0.4 is 10.6 Å². The molecule has 1 saturated heterocycles. The minimum atomic E-state index is -0.660. The number of benzene rings is 1. The Morgan fingerprint density at radius 2 is 2.11 bits per heavy atom. The minimum absolute atomic E-state index is 0.201. The smallest absolute Gasteiger partial charge is 0.408 e. The third-order valence-corrected chi connectivity index (χ3v) is 3.05. The van der Waals surface area contributed by atoms with Gasteiger partial charge in [0.2, 0.25) is 5.91 Å². The second-order valence-corrected chi connectivity index (χ2v) is 4.50. The summed E-state index contributed by atoms with van der Waals surface area (Å²) < 4.78 is 5.18. The Morgan fingerprint density at radius 1 is 1.37 bits per heavy atom. The van der Waals surface area contributed by atoms with Crippen LogP contribution >= 0.6 is 0 Å². The van der Waals surface area contributed by atoms with Crippen molar-refractivity contribution in [3.8, 4) is 0 Å². The first kappa shape index (κ1) is 13.4. The Balaban J connectivity index is 2.05. The summed E-state index contributed by atoms with van der Waals surface area (Å²) in [6, 6.07) is 8.62. The molecular weight excluding hydrogens is 244 g/mol. The number of alkyl carbamates (subject to hydrolysis) is 1. The fourth-order valence-electron chi connectivity index (χ4n) is 2.02. The molecule has 0 aliphatic carbocycles. The summed E-state index contributed by atoms with van der Waals surface area (Å²) in [6.07, 6.45) is 0.818. The lowest BCUT2D eigenvalue weighted by molar-refractivity contribution is -0.124. The number of carbonyl (C=O) groups excluding carboxylic acids is 2. The van der Waals surface area contributed by atoms with Crippen molar-refractivity contribution < 1.29 is 14.3 Å². The molecule has 2 atom stereocenters. The van der Waals surface area contributed by atoms with E-state index in [2.05, 4.69) is 17.6 Å². The molecule has 0 spiro atoms. The molecule has 102 valence electrons. The van der Waals surface area contributed by atoms with E-state index in [9.17, 15) is 9.59 Å². The predicted molar refractivity (Wildman–Crippen MR) is 70.5 cm³/mol. The summed E-state index contributed by atoms with van der Waals surface area (Å²) in [5.41, 5.74) is 0.816. The van der Waals surface area contributed by atoms with Crippen LogP contribution in [0.5, 0.6) is 0 Å². The summed E-state index contributed by atoms with van der Waals surface area (Å²) in [7, 11) is 0. The molecule has 0 radical (unpaired) electrons. The lowest BCUT2D eigenvalue weighted by Crippen LogP contribution is -2.44. The summed E-state index contributed by atoms with van der Waals surface area (Å²) in [5.74, 6) is -0.201. The highest BCUT2D eigenvalue weighted by Gasteiger charge is 2.39. The van der Waals surface area contributed by atoms with E-state index in [1.54, 1.807) is 0 Å². The van der Waals surface area contributed by atoms with Crippen molar-refractivity contribution in [2.24, 2.45) is 0 Å². The molecule has 5 heteroatoms. The fourth-order valence-corrected chi connectivity index (χ4v) is 2.02. The third-order valence-electron chi connectivity index (χ3n) is 3.05. The molecule has 5 nitrogen and oxygen atoms in total. The monoisotopic (exact) mass is 262 g/mol. The Hall–Kier alpha value is -2.04. The van der Waals surface area contributed by atoms with Gasteiger partial charge in [0, 0.05) is 6.54 Å². The molecule has 0 aromatic heterocycles. The molecule has 1 aromatic rings. The Kier molecular flexibility index (Phi) is 4.39. The van der Waals surface area contributed by atoms with Gasteiger partial charge in [-0.05, 0) is 12.0 Å². The largest absolute Gasteiger partial charge is 0.439 e. The van der Waals surface area contributed by atoms with Crippen LogP contribution in [0.1, 0.15) is 31.4 Å². The molecule has 2 N–H and O–H groups in total. The van der Waals surface area contributed by atoms with Crippen LogP contribution in [0.3, 0.4) is 0 Å². The van der Waals surface area contributed by atoms with Gasteiger partial charge in [0.05, 0.1) is 0 Å². The Bertz CT molecular complexity index is 447. The number of amides is 2. The van der Waals surface area contributed by atoms with Gasteiger partial charge in [-0.25, -0.2) is 4.79 Å². The molecule has 1 heterocycles. The van der Waals surface area contributed by atoms with Gasteiger partial charge in [0.1, 0.15) is 0 Å². The summed E-state index contributed by atoms with van der Waals surface area (Å²) in [4.78, 5) is 23.4. The predicted octanol–water partition coefficient (Wildman–Crippen LogP) is 1.75. The number of carbonyl (C=O) groups is 2. The zero-order chi connectivity index (χ0) is 13.7. The second-order valence-electron chi connectivity index (χ2n) is 4.50. The summed E-state index contributed by atoms with van der Waals surface area (Å²) in [6.45, 7) is 2.67. The van der Waals surface area contributed by atoms with Crippen LogP contribution in [0.25, 0.3) is 0 Å². The SMILES string of the molecule is CCCCNC(=O)C1NC(=O)OC1c1ccccc1. The Morgan fingerprint density at radius 3 is 2.79 bits per heavy atom. The van der Waals surface area contributed by atoms with E-state index in [0.717, 1.165) is 18.4 Å². The molecule has 0 bridgehead atoms. The number of nitrogens with one attached hydrogen (secondary N) is 2. The van der Waals surface area contributed by atoms with E-state index in [0.29, 0.717) is 6.54 Å². The standard InChI is InChI=1S/C14H18N2O3/c1-2-3-9-15-13(17)11-12(19-14(18)16-11)10-7-5-4-6-8-10/h4-8,11-12H,2-3,9H2,1H3,(H,15,17)(H,16,18). The maximum absolute atomic E-state index is 12.0. The van der Waals surface area contributed by atoms with Crippen LogP contribution in [0.15, 0.2) is 30.3 Å². The lowest BCUT2D eigenvalue weighted by atomic mass is 10.0. The van der Waals surface area contributed by atoms with Gasteiger partial charge in [-0.1, -0.05) is 43.7 Å². The maximum Gasteiger partial charge on any atom is 0.408 e. The number of hydrogen-bond acceptors (Lipinski definition) is 3. The van der Waals surface area contributed by atoms with Crippen molar-refractivity contribution in [2.75, 3.05) is 6.54 Å². The van der Waals surface area contributed by atoms with Gasteiger partial charge >= 0.3 is 6.09 Å². The molecule has 0 saturated carbocycles. The topological polar surface area (TPSA) is 67.4 Å². The molecule has 1 aliphatic rings. The highest BCUT2D eigenvalue weighted by molar-refractivity contribution is 5.88. The van der Waals surface area contributed by atoms with E-state index in [4.69, 9.17) is 4.74 Å². The Labute approximate surface area is 112 Å². The van der Waals surface area contributed by atoms with Crippen molar-refractivity contribution in [1.82, 2.24) is 10.6 Å². The number of unbranched alkanes of at least 4 members (excludes halogenated alkanes) is 1. The highest BCUT2D eigenvalue weighted by Crippen LogP contribution is 2.26. The first-order valence-corrected chi connectivity index (χ1v) is 6.52. The zero-order valence-electron chi connectivity index (χ0n) is 10.9. The van der Waals surface area contributed by atoms with Crippen LogP contribution in [-0.2, 0) is 9.53 Å². The van der Waals surface area contributed by atoms with Crippen LogP contribution in [0.4, 0.5) is 4.79 Å². The number of hydrogen-bond donors (Lipinski definition) is 2. The first-order chi connectivity index (χ1) is 9.22. The quantitative estimate of drug-likeness (QED) is 0.794. The van der Waals surface area contributed by atoms with Crippen molar-refractivity contribution >= 4 is 12.0 Å². The van der Waals surface area contributed by atoms with Gasteiger partial charge in [-0.2, -0.15) is 0 Å². The van der Waals surface area contributed by atoms with Crippen molar-refractivity contribution in [3.05, 3.63) is 35.9 Å². The number of ether oxygens (including phenoxy) is 1. The van der Waals surface area contributed by atoms with Crippen molar-refractivity contribution in [3.63, 3.8) is 0 Å². The number of rotatable bonds is 5. The van der Waals surface area contributed by atoms with Crippen LogP contribution in [0.2, 0.25) is 0 Å². The molecular formula is C14H18N2O3. The number of cyclic esters (lactones) is 1. The molecule has 2 amide bonds. The van der Waals surface area contributed by atoms with Gasteiger partial charge in [0.25, 0.3) is 0 Å². The average Bonchev–Trinajstić information content (AvgIpc) is 2.82. The molecule has 1 fully saturated rings. The van der Waals surface area contributed by atoms with Gasteiger partial charge < -0.3 is 15.4 Å². The summed E-state index contributed by atoms with van der Waals surface area (Å²) >= 11 is 0. The first-order valence-electron chi connectivity index (χ1n) is 6.52. The molecule has 2 rings (SSSR count). The van der Waals surface area contributed by atoms with Crippen molar-refractivity contribution in [2.45, 2.75) is 31.9 Å². The fraction of sp³-hybridized carbons (Fsp3) is 0.429. The zero-order valence-corrected chi connectivity index (χ0v) is 10.9. The van der Waals surface area contributed by atoms with E-state index >= 15 is 0 Å².